The first-order valence-electron chi connectivity index (χ1n) is 6.36. The fraction of sp³-hybridized carbons (Fsp3) is 1.00. The van der Waals surface area contributed by atoms with Crippen molar-refractivity contribution in [3.63, 3.8) is 0 Å². The second-order valence-electron chi connectivity index (χ2n) is 4.45. The third-order valence-corrected chi connectivity index (χ3v) is 2.99. The maximum atomic E-state index is 5.58. The van der Waals surface area contributed by atoms with E-state index < -0.39 is 0 Å². The fourth-order valence-electron chi connectivity index (χ4n) is 1.82. The van der Waals surface area contributed by atoms with Crippen LogP contribution in [0.2, 0.25) is 0 Å². The van der Waals surface area contributed by atoms with Crippen LogP contribution in [-0.2, 0) is 4.74 Å². The molecular weight excluding hydrogens is 188 g/mol. The molecule has 3 heteroatoms. The summed E-state index contributed by atoms with van der Waals surface area (Å²) < 4.78 is 5.58. The number of nitrogens with zero attached hydrogens (tertiary/aromatic N) is 1. The van der Waals surface area contributed by atoms with Crippen LogP contribution in [0, 0.1) is 0 Å². The monoisotopic (exact) mass is 214 g/mol. The van der Waals surface area contributed by atoms with E-state index in [9.17, 15) is 0 Å². The summed E-state index contributed by atoms with van der Waals surface area (Å²) in [5, 5.41) is 3.50. The van der Waals surface area contributed by atoms with E-state index in [1.54, 1.807) is 0 Å². The predicted molar refractivity (Wildman–Crippen MR) is 64.2 cm³/mol. The molecule has 0 aromatic heterocycles. The molecule has 1 N–H and O–H groups in total. The van der Waals surface area contributed by atoms with E-state index in [0.29, 0.717) is 6.04 Å². The first kappa shape index (κ1) is 12.9. The molecule has 1 atom stereocenters. The number of unbranched alkanes of at least 4 members (excludes halogenated alkanes) is 1. The molecule has 0 aliphatic carbocycles. The molecule has 1 fully saturated rings. The van der Waals surface area contributed by atoms with Gasteiger partial charge in [0, 0.05) is 32.3 Å². The van der Waals surface area contributed by atoms with Gasteiger partial charge < -0.3 is 10.1 Å². The SMILES string of the molecule is CCCCOCCN1CCNC(C)CC1. The van der Waals surface area contributed by atoms with Crippen molar-refractivity contribution in [2.45, 2.75) is 39.2 Å². The lowest BCUT2D eigenvalue weighted by Crippen LogP contribution is -2.31. The Balaban J connectivity index is 2.00. The van der Waals surface area contributed by atoms with Crippen LogP contribution in [0.4, 0.5) is 0 Å². The van der Waals surface area contributed by atoms with Crippen molar-refractivity contribution in [3.8, 4) is 0 Å². The van der Waals surface area contributed by atoms with Crippen molar-refractivity contribution >= 4 is 0 Å². The number of rotatable bonds is 6. The van der Waals surface area contributed by atoms with Gasteiger partial charge in [-0.2, -0.15) is 0 Å². The highest BCUT2D eigenvalue weighted by molar-refractivity contribution is 4.71. The van der Waals surface area contributed by atoms with Crippen LogP contribution >= 0.6 is 0 Å². The van der Waals surface area contributed by atoms with Gasteiger partial charge in [-0.1, -0.05) is 13.3 Å². The molecule has 0 radical (unpaired) electrons. The second-order valence-corrected chi connectivity index (χ2v) is 4.45. The zero-order valence-corrected chi connectivity index (χ0v) is 10.3. The van der Waals surface area contributed by atoms with Crippen molar-refractivity contribution in [1.82, 2.24) is 10.2 Å². The third-order valence-electron chi connectivity index (χ3n) is 2.99. The molecule has 1 aliphatic rings. The van der Waals surface area contributed by atoms with Crippen molar-refractivity contribution < 1.29 is 4.74 Å². The minimum atomic E-state index is 0.677. The van der Waals surface area contributed by atoms with E-state index in [-0.39, 0.29) is 0 Å². The zero-order chi connectivity index (χ0) is 10.9. The van der Waals surface area contributed by atoms with E-state index in [1.165, 1.54) is 32.4 Å². The molecule has 0 aromatic carbocycles. The Morgan fingerprint density at radius 2 is 2.20 bits per heavy atom. The summed E-state index contributed by atoms with van der Waals surface area (Å²) in [5.41, 5.74) is 0. The smallest absolute Gasteiger partial charge is 0.0593 e. The Hall–Kier alpha value is -0.120. The van der Waals surface area contributed by atoms with Gasteiger partial charge in [-0.05, 0) is 26.3 Å². The Morgan fingerprint density at radius 1 is 1.33 bits per heavy atom. The van der Waals surface area contributed by atoms with Crippen molar-refractivity contribution in [2.75, 3.05) is 39.4 Å². The molecule has 90 valence electrons. The van der Waals surface area contributed by atoms with Crippen LogP contribution in [0.15, 0.2) is 0 Å². The lowest BCUT2D eigenvalue weighted by Gasteiger charge is -2.19. The van der Waals surface area contributed by atoms with Crippen LogP contribution in [-0.4, -0.2) is 50.3 Å². The molecule has 0 spiro atoms. The number of nitrogens with one attached hydrogen (secondary N) is 1. The van der Waals surface area contributed by atoms with E-state index in [0.717, 1.165) is 26.3 Å². The van der Waals surface area contributed by atoms with Crippen LogP contribution in [0.25, 0.3) is 0 Å². The second kappa shape index (κ2) is 8.08. The number of hydrogen-bond acceptors (Lipinski definition) is 3. The van der Waals surface area contributed by atoms with Gasteiger partial charge in [0.2, 0.25) is 0 Å². The Morgan fingerprint density at radius 3 is 3.00 bits per heavy atom. The molecule has 0 bridgehead atoms. The molecule has 0 aromatic rings. The maximum Gasteiger partial charge on any atom is 0.0593 e. The quantitative estimate of drug-likeness (QED) is 0.678. The molecule has 1 unspecified atom stereocenters. The molecule has 1 aliphatic heterocycles. The largest absolute Gasteiger partial charge is 0.380 e. The molecular formula is C12H26N2O. The van der Waals surface area contributed by atoms with Crippen molar-refractivity contribution in [3.05, 3.63) is 0 Å². The summed E-state index contributed by atoms with van der Waals surface area (Å²) in [6, 6.07) is 0.677. The lowest BCUT2D eigenvalue weighted by atomic mass is 10.2. The van der Waals surface area contributed by atoms with Gasteiger partial charge in [0.1, 0.15) is 0 Å². The van der Waals surface area contributed by atoms with Crippen molar-refractivity contribution in [2.24, 2.45) is 0 Å². The fourth-order valence-corrected chi connectivity index (χ4v) is 1.82. The average Bonchev–Trinajstić information content (AvgIpc) is 2.43. The van der Waals surface area contributed by atoms with Crippen molar-refractivity contribution in [1.29, 1.82) is 0 Å². The summed E-state index contributed by atoms with van der Waals surface area (Å²) in [7, 11) is 0. The highest BCUT2D eigenvalue weighted by Crippen LogP contribution is 2.00. The number of hydrogen-bond donors (Lipinski definition) is 1. The molecule has 0 saturated carbocycles. The van der Waals surface area contributed by atoms with Gasteiger partial charge in [0.25, 0.3) is 0 Å². The summed E-state index contributed by atoms with van der Waals surface area (Å²) in [5.74, 6) is 0. The highest BCUT2D eigenvalue weighted by atomic mass is 16.5. The molecule has 15 heavy (non-hydrogen) atoms. The van der Waals surface area contributed by atoms with Crippen LogP contribution in [0.5, 0.6) is 0 Å². The van der Waals surface area contributed by atoms with Crippen LogP contribution < -0.4 is 5.32 Å². The summed E-state index contributed by atoms with van der Waals surface area (Å²) in [4.78, 5) is 2.50. The minimum absolute atomic E-state index is 0.677. The molecule has 0 amide bonds. The molecule has 1 heterocycles. The Kier molecular flexibility index (Phi) is 6.98. The minimum Gasteiger partial charge on any atom is -0.380 e. The van der Waals surface area contributed by atoms with E-state index in [2.05, 4.69) is 24.1 Å². The number of ether oxygens (including phenoxy) is 1. The Labute approximate surface area is 94.2 Å². The summed E-state index contributed by atoms with van der Waals surface area (Å²) in [6.07, 6.45) is 3.68. The highest BCUT2D eigenvalue weighted by Gasteiger charge is 2.11. The van der Waals surface area contributed by atoms with E-state index in [1.807, 2.05) is 0 Å². The van der Waals surface area contributed by atoms with Crippen LogP contribution in [0.3, 0.4) is 0 Å². The maximum absolute atomic E-state index is 5.58. The van der Waals surface area contributed by atoms with E-state index in [4.69, 9.17) is 4.74 Å². The standard InChI is InChI=1S/C12H26N2O/c1-3-4-10-15-11-9-14-7-5-12(2)13-6-8-14/h12-13H,3-11H2,1-2H3. The van der Waals surface area contributed by atoms with Crippen LogP contribution in [0.1, 0.15) is 33.1 Å². The first-order chi connectivity index (χ1) is 7.33. The summed E-state index contributed by atoms with van der Waals surface area (Å²) in [6.45, 7) is 10.9. The van der Waals surface area contributed by atoms with Gasteiger partial charge in [-0.15, -0.1) is 0 Å². The predicted octanol–water partition coefficient (Wildman–Crippen LogP) is 1.49. The van der Waals surface area contributed by atoms with Gasteiger partial charge >= 0.3 is 0 Å². The van der Waals surface area contributed by atoms with Gasteiger partial charge in [-0.3, -0.25) is 4.90 Å². The summed E-state index contributed by atoms with van der Waals surface area (Å²) >= 11 is 0. The topological polar surface area (TPSA) is 24.5 Å². The molecule has 1 saturated heterocycles. The molecule has 1 rings (SSSR count). The third kappa shape index (κ3) is 6.13. The average molecular weight is 214 g/mol. The molecule has 3 nitrogen and oxygen atoms in total. The first-order valence-corrected chi connectivity index (χ1v) is 6.36. The lowest BCUT2D eigenvalue weighted by molar-refractivity contribution is 0.103. The normalized spacial score (nSPS) is 24.0. The van der Waals surface area contributed by atoms with Gasteiger partial charge in [0.05, 0.1) is 6.61 Å². The van der Waals surface area contributed by atoms with Gasteiger partial charge in [0.15, 0.2) is 0 Å². The Bertz CT molecular complexity index is 153. The van der Waals surface area contributed by atoms with E-state index >= 15 is 0 Å². The zero-order valence-electron chi connectivity index (χ0n) is 10.3. The van der Waals surface area contributed by atoms with Gasteiger partial charge in [-0.25, -0.2) is 0 Å².